The molecular formula is C21H25N2O4+. The predicted molar refractivity (Wildman–Crippen MR) is 101 cm³/mol. The number of rotatable bonds is 4. The van der Waals surface area contributed by atoms with Crippen molar-refractivity contribution in [3.8, 4) is 17.2 Å². The van der Waals surface area contributed by atoms with Crippen LogP contribution in [0.3, 0.4) is 0 Å². The van der Waals surface area contributed by atoms with E-state index in [1.165, 1.54) is 10.5 Å². The fraction of sp³-hybridized carbons (Fsp3) is 0.381. The summed E-state index contributed by atoms with van der Waals surface area (Å²) in [5.74, 6) is 2.32. The molecule has 2 aliphatic rings. The number of methoxy groups -OCH3 is 1. The molecule has 0 bridgehead atoms. The molecule has 0 unspecified atom stereocenters. The van der Waals surface area contributed by atoms with Crippen LogP contribution < -0.4 is 19.1 Å². The summed E-state index contributed by atoms with van der Waals surface area (Å²) in [4.78, 5) is 16.3. The van der Waals surface area contributed by atoms with Gasteiger partial charge in [-0.25, -0.2) is 0 Å². The molecule has 0 saturated carbocycles. The van der Waals surface area contributed by atoms with Crippen LogP contribution >= 0.6 is 0 Å². The number of nitrogens with zero attached hydrogens (tertiary/aromatic N) is 1. The Morgan fingerprint density at radius 3 is 2.44 bits per heavy atom. The van der Waals surface area contributed by atoms with Crippen LogP contribution in [0.15, 0.2) is 42.5 Å². The fourth-order valence-electron chi connectivity index (χ4n) is 3.59. The van der Waals surface area contributed by atoms with E-state index in [0.717, 1.165) is 38.5 Å². The number of nitrogens with one attached hydrogen (secondary N) is 1. The van der Waals surface area contributed by atoms with Crippen molar-refractivity contribution in [3.05, 3.63) is 53.6 Å². The van der Waals surface area contributed by atoms with Gasteiger partial charge in [0.05, 0.1) is 33.3 Å². The number of ether oxygens (including phenoxy) is 3. The Labute approximate surface area is 159 Å². The van der Waals surface area contributed by atoms with Crippen molar-refractivity contribution in [1.29, 1.82) is 0 Å². The van der Waals surface area contributed by atoms with Crippen molar-refractivity contribution in [2.45, 2.75) is 6.54 Å². The predicted octanol–water partition coefficient (Wildman–Crippen LogP) is 1.01. The van der Waals surface area contributed by atoms with Crippen molar-refractivity contribution >= 4 is 5.91 Å². The maximum atomic E-state index is 12.8. The van der Waals surface area contributed by atoms with Crippen molar-refractivity contribution < 1.29 is 23.9 Å². The molecule has 2 aromatic rings. The third-order valence-electron chi connectivity index (χ3n) is 5.16. The first-order chi connectivity index (χ1) is 13.2. The number of amides is 1. The average molecular weight is 369 g/mol. The van der Waals surface area contributed by atoms with Crippen molar-refractivity contribution in [2.75, 3.05) is 46.5 Å². The van der Waals surface area contributed by atoms with Gasteiger partial charge in [0.1, 0.15) is 25.5 Å². The van der Waals surface area contributed by atoms with Gasteiger partial charge in [0.2, 0.25) is 0 Å². The van der Waals surface area contributed by atoms with Crippen LogP contribution in [0.1, 0.15) is 15.9 Å². The highest BCUT2D eigenvalue weighted by atomic mass is 16.6. The van der Waals surface area contributed by atoms with Gasteiger partial charge in [-0.3, -0.25) is 4.79 Å². The second kappa shape index (κ2) is 7.88. The zero-order valence-corrected chi connectivity index (χ0v) is 15.6. The molecule has 4 rings (SSSR count). The van der Waals surface area contributed by atoms with Gasteiger partial charge >= 0.3 is 0 Å². The summed E-state index contributed by atoms with van der Waals surface area (Å²) in [5.41, 5.74) is 1.95. The Bertz CT molecular complexity index is 798. The highest BCUT2D eigenvalue weighted by Gasteiger charge is 2.25. The molecule has 0 radical (unpaired) electrons. The summed E-state index contributed by atoms with van der Waals surface area (Å²) in [6, 6.07) is 13.7. The summed E-state index contributed by atoms with van der Waals surface area (Å²) in [5, 5.41) is 0. The number of piperazine rings is 1. The number of fused-ring (bicyclic) bond motifs is 1. The molecule has 1 fully saturated rings. The first-order valence-electron chi connectivity index (χ1n) is 9.38. The second-order valence-electron chi connectivity index (χ2n) is 6.93. The van der Waals surface area contributed by atoms with Gasteiger partial charge in [0.25, 0.3) is 5.91 Å². The van der Waals surface area contributed by atoms with Crippen LogP contribution in [0.5, 0.6) is 17.2 Å². The van der Waals surface area contributed by atoms with Crippen LogP contribution in [0, 0.1) is 0 Å². The number of hydrogen-bond donors (Lipinski definition) is 1. The largest absolute Gasteiger partial charge is 0.497 e. The number of hydrogen-bond acceptors (Lipinski definition) is 4. The minimum atomic E-state index is 0.0653. The molecule has 0 atom stereocenters. The molecule has 2 heterocycles. The molecule has 0 aromatic heterocycles. The molecule has 1 N–H and O–H groups in total. The monoisotopic (exact) mass is 369 g/mol. The summed E-state index contributed by atoms with van der Waals surface area (Å²) >= 11 is 0. The molecular weight excluding hydrogens is 344 g/mol. The van der Waals surface area contributed by atoms with E-state index >= 15 is 0 Å². The van der Waals surface area contributed by atoms with Crippen LogP contribution in [-0.2, 0) is 6.54 Å². The third-order valence-corrected chi connectivity index (χ3v) is 5.16. The Morgan fingerprint density at radius 1 is 1.04 bits per heavy atom. The van der Waals surface area contributed by atoms with Gasteiger partial charge in [-0.15, -0.1) is 0 Å². The van der Waals surface area contributed by atoms with E-state index in [-0.39, 0.29) is 5.91 Å². The van der Waals surface area contributed by atoms with Crippen LogP contribution in [0.25, 0.3) is 0 Å². The Balaban J connectivity index is 1.33. The first kappa shape index (κ1) is 17.7. The van der Waals surface area contributed by atoms with Crippen LogP contribution in [0.2, 0.25) is 0 Å². The van der Waals surface area contributed by atoms with E-state index in [2.05, 4.69) is 12.1 Å². The number of benzene rings is 2. The normalized spacial score (nSPS) is 16.9. The molecule has 142 valence electrons. The lowest BCUT2D eigenvalue weighted by Crippen LogP contribution is -3.13. The first-order valence-corrected chi connectivity index (χ1v) is 9.38. The number of quaternary nitrogens is 1. The maximum absolute atomic E-state index is 12.8. The molecule has 1 saturated heterocycles. The molecule has 6 nitrogen and oxygen atoms in total. The fourth-order valence-corrected chi connectivity index (χ4v) is 3.59. The summed E-state index contributed by atoms with van der Waals surface area (Å²) in [6.07, 6.45) is 0. The van der Waals surface area contributed by atoms with E-state index in [9.17, 15) is 4.79 Å². The highest BCUT2D eigenvalue weighted by Crippen LogP contribution is 2.31. The van der Waals surface area contributed by atoms with Crippen molar-refractivity contribution in [2.24, 2.45) is 0 Å². The molecule has 27 heavy (non-hydrogen) atoms. The lowest BCUT2D eigenvalue weighted by Gasteiger charge is -2.32. The second-order valence-corrected chi connectivity index (χ2v) is 6.93. The topological polar surface area (TPSA) is 52.4 Å². The zero-order chi connectivity index (χ0) is 18.6. The van der Waals surface area contributed by atoms with Crippen LogP contribution in [-0.4, -0.2) is 57.3 Å². The van der Waals surface area contributed by atoms with Crippen molar-refractivity contribution in [1.82, 2.24) is 4.90 Å². The van der Waals surface area contributed by atoms with Gasteiger partial charge < -0.3 is 24.0 Å². The molecule has 2 aliphatic heterocycles. The Morgan fingerprint density at radius 2 is 1.74 bits per heavy atom. The van der Waals surface area contributed by atoms with Gasteiger partial charge in [-0.2, -0.15) is 0 Å². The third kappa shape index (κ3) is 4.01. The van der Waals surface area contributed by atoms with Gasteiger partial charge in [-0.05, 0) is 42.5 Å². The maximum Gasteiger partial charge on any atom is 0.254 e. The summed E-state index contributed by atoms with van der Waals surface area (Å²) in [6.45, 7) is 5.47. The lowest BCUT2D eigenvalue weighted by atomic mass is 10.1. The van der Waals surface area contributed by atoms with Crippen molar-refractivity contribution in [3.63, 3.8) is 0 Å². The quantitative estimate of drug-likeness (QED) is 0.874. The molecule has 0 aliphatic carbocycles. The van der Waals surface area contributed by atoms with E-state index < -0.39 is 0 Å². The van der Waals surface area contributed by atoms with Gasteiger partial charge in [-0.1, -0.05) is 0 Å². The highest BCUT2D eigenvalue weighted by molar-refractivity contribution is 5.95. The van der Waals surface area contributed by atoms with Gasteiger partial charge in [0.15, 0.2) is 11.5 Å². The summed E-state index contributed by atoms with van der Waals surface area (Å²) < 4.78 is 16.3. The standard InChI is InChI=1S/C21H24N2O4/c1-25-18-5-2-16(3-6-18)15-22-8-10-23(11-9-22)21(24)17-4-7-19-20(14-17)27-13-12-26-19/h2-7,14H,8-13,15H2,1H3/p+1. The average Bonchev–Trinajstić information content (AvgIpc) is 2.74. The molecule has 1 amide bonds. The minimum Gasteiger partial charge on any atom is -0.497 e. The van der Waals surface area contributed by atoms with E-state index in [4.69, 9.17) is 14.2 Å². The van der Waals surface area contributed by atoms with Gasteiger partial charge in [0, 0.05) is 11.1 Å². The van der Waals surface area contributed by atoms with E-state index in [1.54, 1.807) is 13.2 Å². The van der Waals surface area contributed by atoms with E-state index in [0.29, 0.717) is 30.3 Å². The lowest BCUT2D eigenvalue weighted by molar-refractivity contribution is -0.917. The number of carbonyl (C=O) groups excluding carboxylic acids is 1. The van der Waals surface area contributed by atoms with Crippen LogP contribution in [0.4, 0.5) is 0 Å². The smallest absolute Gasteiger partial charge is 0.254 e. The minimum absolute atomic E-state index is 0.0653. The zero-order valence-electron chi connectivity index (χ0n) is 15.6. The molecule has 2 aromatic carbocycles. The Kier molecular flexibility index (Phi) is 5.16. The number of carbonyl (C=O) groups is 1. The summed E-state index contributed by atoms with van der Waals surface area (Å²) in [7, 11) is 1.68. The molecule has 0 spiro atoms. The Hall–Kier alpha value is -2.73. The van der Waals surface area contributed by atoms with E-state index in [1.807, 2.05) is 29.2 Å². The molecule has 6 heteroatoms. The SMILES string of the molecule is COc1ccc(C[NH+]2CCN(C(=O)c3ccc4c(c3)OCCO4)CC2)cc1.